The van der Waals surface area contributed by atoms with Crippen LogP contribution in [0, 0.1) is 0 Å². The van der Waals surface area contributed by atoms with Gasteiger partial charge in [0.05, 0.1) is 0 Å². The predicted octanol–water partition coefficient (Wildman–Crippen LogP) is -3.81. The van der Waals surface area contributed by atoms with E-state index in [1.54, 1.807) is 0 Å². The summed E-state index contributed by atoms with van der Waals surface area (Å²) in [6.45, 7) is 0. The Hall–Kier alpha value is -1.79. The second kappa shape index (κ2) is 4.10. The third kappa shape index (κ3) is 1.38. The fourth-order valence-corrected chi connectivity index (χ4v) is 2.41. The summed E-state index contributed by atoms with van der Waals surface area (Å²) >= 11 is 0. The molecule has 11 heteroatoms. The molecule has 2 aliphatic heterocycles. The summed E-state index contributed by atoms with van der Waals surface area (Å²) in [5.41, 5.74) is -6.91. The Morgan fingerprint density at radius 3 is 1.95 bits per heavy atom. The summed E-state index contributed by atoms with van der Waals surface area (Å²) in [6, 6.07) is 0. The van der Waals surface area contributed by atoms with Gasteiger partial charge < -0.3 is 40.1 Å². The van der Waals surface area contributed by atoms with E-state index in [9.17, 15) is 29.7 Å². The molecule has 0 radical (unpaired) electrons. The van der Waals surface area contributed by atoms with Crippen LogP contribution >= 0.6 is 0 Å². The Morgan fingerprint density at radius 1 is 1.00 bits per heavy atom. The van der Waals surface area contributed by atoms with Crippen LogP contribution in [-0.4, -0.2) is 84.4 Å². The van der Waals surface area contributed by atoms with Crippen molar-refractivity contribution in [3.8, 4) is 0 Å². The highest BCUT2D eigenvalue weighted by atomic mass is 16.8. The standard InChI is InChI=1S/C9H10O11/c10-1-2(11)9(7(16)17)8(18,6(14)15)3(4(12)13)19-5(1)20-9/h1-3,5,10-11,18H,(H,12,13)(H,14,15)(H,16,17). The molecule has 2 bridgehead atoms. The minimum Gasteiger partial charge on any atom is -0.479 e. The molecule has 0 saturated carbocycles. The lowest BCUT2D eigenvalue weighted by atomic mass is 9.74. The molecule has 2 saturated heterocycles. The number of aliphatic hydroxyl groups excluding tert-OH is 2. The second-order valence-electron chi connectivity index (χ2n) is 4.39. The van der Waals surface area contributed by atoms with Gasteiger partial charge in [0.15, 0.2) is 6.29 Å². The Morgan fingerprint density at radius 2 is 1.55 bits per heavy atom. The Kier molecular flexibility index (Phi) is 3.00. The van der Waals surface area contributed by atoms with Crippen molar-refractivity contribution in [2.45, 2.75) is 35.8 Å². The largest absolute Gasteiger partial charge is 0.479 e. The third-order valence-electron chi connectivity index (χ3n) is 3.40. The van der Waals surface area contributed by atoms with Crippen LogP contribution in [0.4, 0.5) is 0 Å². The van der Waals surface area contributed by atoms with Gasteiger partial charge >= 0.3 is 17.9 Å². The number of carboxylic acid groups (broad SMARTS) is 3. The average Bonchev–Trinajstić information content (AvgIpc) is 2.57. The summed E-state index contributed by atoms with van der Waals surface area (Å²) in [4.78, 5) is 33.5. The van der Waals surface area contributed by atoms with E-state index < -0.39 is 53.7 Å². The van der Waals surface area contributed by atoms with Gasteiger partial charge in [-0.25, -0.2) is 14.4 Å². The minimum absolute atomic E-state index is 1.90. The first-order chi connectivity index (χ1) is 9.10. The van der Waals surface area contributed by atoms with Crippen LogP contribution in [0.1, 0.15) is 0 Å². The monoisotopic (exact) mass is 294 g/mol. The van der Waals surface area contributed by atoms with E-state index in [0.29, 0.717) is 0 Å². The molecule has 6 N–H and O–H groups in total. The first-order valence-electron chi connectivity index (χ1n) is 5.22. The summed E-state index contributed by atoms with van der Waals surface area (Å²) < 4.78 is 9.16. The van der Waals surface area contributed by atoms with E-state index in [0.717, 1.165) is 0 Å². The van der Waals surface area contributed by atoms with Crippen LogP contribution in [-0.2, 0) is 23.9 Å². The number of hydrogen-bond donors (Lipinski definition) is 6. The van der Waals surface area contributed by atoms with Crippen LogP contribution in [0.5, 0.6) is 0 Å². The zero-order valence-electron chi connectivity index (χ0n) is 9.53. The number of carbonyl (C=O) groups is 3. The lowest BCUT2D eigenvalue weighted by Crippen LogP contribution is -2.76. The van der Waals surface area contributed by atoms with E-state index in [2.05, 4.69) is 9.47 Å². The SMILES string of the molecule is O=C(O)C1OC2OC(C(=O)O)(C(O)C2O)C1(O)C(=O)O. The zero-order valence-corrected chi connectivity index (χ0v) is 9.53. The van der Waals surface area contributed by atoms with Crippen molar-refractivity contribution in [2.24, 2.45) is 0 Å². The van der Waals surface area contributed by atoms with Gasteiger partial charge in [0.1, 0.15) is 12.2 Å². The second-order valence-corrected chi connectivity index (χ2v) is 4.39. The number of rotatable bonds is 3. The first-order valence-corrected chi connectivity index (χ1v) is 5.22. The number of ether oxygens (including phenoxy) is 2. The molecule has 2 aliphatic rings. The zero-order chi connectivity index (χ0) is 15.5. The van der Waals surface area contributed by atoms with Crippen LogP contribution in [0.2, 0.25) is 0 Å². The summed E-state index contributed by atoms with van der Waals surface area (Å²) in [7, 11) is 0. The molecule has 0 aromatic heterocycles. The normalized spacial score (nSPS) is 47.0. The quantitative estimate of drug-likeness (QED) is 0.299. The lowest BCUT2D eigenvalue weighted by molar-refractivity contribution is -0.326. The molecule has 0 amide bonds. The van der Waals surface area contributed by atoms with E-state index >= 15 is 0 Å². The first kappa shape index (κ1) is 14.6. The topological polar surface area (TPSA) is 191 Å². The molecule has 0 aromatic rings. The van der Waals surface area contributed by atoms with E-state index in [-0.39, 0.29) is 0 Å². The van der Waals surface area contributed by atoms with Gasteiger partial charge in [0.25, 0.3) is 0 Å². The number of carboxylic acids is 3. The Balaban J connectivity index is 2.71. The molecule has 6 atom stereocenters. The van der Waals surface area contributed by atoms with Crippen molar-refractivity contribution in [1.29, 1.82) is 0 Å². The number of aliphatic hydroxyl groups is 3. The van der Waals surface area contributed by atoms with Crippen LogP contribution in [0.25, 0.3) is 0 Å². The van der Waals surface area contributed by atoms with Gasteiger partial charge in [0, 0.05) is 0 Å². The highest BCUT2D eigenvalue weighted by molar-refractivity contribution is 5.97. The molecule has 0 spiro atoms. The molecule has 0 aliphatic carbocycles. The Bertz CT molecular complexity index is 488. The molecular weight excluding hydrogens is 284 g/mol. The number of hydrogen-bond acceptors (Lipinski definition) is 8. The molecule has 2 heterocycles. The van der Waals surface area contributed by atoms with Crippen molar-refractivity contribution in [3.63, 3.8) is 0 Å². The average molecular weight is 294 g/mol. The van der Waals surface area contributed by atoms with E-state index in [1.165, 1.54) is 0 Å². The predicted molar refractivity (Wildman–Crippen MR) is 52.3 cm³/mol. The molecular formula is C9H10O11. The smallest absolute Gasteiger partial charge is 0.343 e. The molecule has 20 heavy (non-hydrogen) atoms. The highest BCUT2D eigenvalue weighted by Crippen LogP contribution is 2.47. The lowest BCUT2D eigenvalue weighted by Gasteiger charge is -2.44. The maximum absolute atomic E-state index is 11.3. The van der Waals surface area contributed by atoms with Gasteiger partial charge in [-0.3, -0.25) is 0 Å². The molecule has 2 rings (SSSR count). The van der Waals surface area contributed by atoms with Gasteiger partial charge in [-0.1, -0.05) is 0 Å². The van der Waals surface area contributed by atoms with Gasteiger partial charge in [0.2, 0.25) is 17.3 Å². The van der Waals surface area contributed by atoms with E-state index in [1.807, 2.05) is 0 Å². The van der Waals surface area contributed by atoms with Crippen molar-refractivity contribution in [2.75, 3.05) is 0 Å². The van der Waals surface area contributed by atoms with Crippen molar-refractivity contribution >= 4 is 17.9 Å². The highest BCUT2D eigenvalue weighted by Gasteiger charge is 2.80. The molecule has 2 fully saturated rings. The van der Waals surface area contributed by atoms with Gasteiger partial charge in [-0.05, 0) is 0 Å². The summed E-state index contributed by atoms with van der Waals surface area (Å²) in [5, 5.41) is 56.4. The Labute approximate surface area is 109 Å². The molecule has 0 aromatic carbocycles. The summed E-state index contributed by atoms with van der Waals surface area (Å²) in [6.07, 6.45) is -8.90. The van der Waals surface area contributed by atoms with Crippen molar-refractivity contribution < 1.29 is 54.5 Å². The van der Waals surface area contributed by atoms with Gasteiger partial charge in [-0.15, -0.1) is 0 Å². The number of aliphatic carboxylic acids is 3. The fourth-order valence-electron chi connectivity index (χ4n) is 2.41. The van der Waals surface area contributed by atoms with Gasteiger partial charge in [-0.2, -0.15) is 0 Å². The summed E-state index contributed by atoms with van der Waals surface area (Å²) in [5.74, 6) is -6.43. The van der Waals surface area contributed by atoms with Crippen LogP contribution in [0.3, 0.4) is 0 Å². The molecule has 11 nitrogen and oxygen atoms in total. The maximum atomic E-state index is 11.3. The fraction of sp³-hybridized carbons (Fsp3) is 0.667. The maximum Gasteiger partial charge on any atom is 0.343 e. The molecule has 6 unspecified atom stereocenters. The molecule has 112 valence electrons. The van der Waals surface area contributed by atoms with Crippen molar-refractivity contribution in [3.05, 3.63) is 0 Å². The third-order valence-corrected chi connectivity index (χ3v) is 3.40. The van der Waals surface area contributed by atoms with E-state index in [4.69, 9.17) is 15.3 Å². The van der Waals surface area contributed by atoms with Crippen LogP contribution in [0.15, 0.2) is 0 Å². The minimum atomic E-state index is -3.64. The number of fused-ring (bicyclic) bond motifs is 2. The van der Waals surface area contributed by atoms with Crippen molar-refractivity contribution in [1.82, 2.24) is 0 Å². The van der Waals surface area contributed by atoms with Crippen LogP contribution < -0.4 is 0 Å².